The maximum atomic E-state index is 12.5. The third-order valence-electron chi connectivity index (χ3n) is 3.99. The van der Waals surface area contributed by atoms with Crippen LogP contribution in [0.5, 0.6) is 5.75 Å². The molecule has 166 valence electrons. The Morgan fingerprint density at radius 3 is 2.39 bits per heavy atom. The average molecular weight is 464 g/mol. The van der Waals surface area contributed by atoms with Crippen LogP contribution in [0.4, 0.5) is 5.69 Å². The van der Waals surface area contributed by atoms with Gasteiger partial charge in [-0.25, -0.2) is 13.1 Å². The Hall–Kier alpha value is -2.98. The van der Waals surface area contributed by atoms with Crippen molar-refractivity contribution in [1.29, 1.82) is 0 Å². The summed E-state index contributed by atoms with van der Waals surface area (Å²) in [6.45, 7) is 5.89. The standard InChI is InChI=1S/C21H25N3O5S2/c1-14(2)11-12-29-18-6-4-5-16(13-18)20(26)23-21(30)22-17-7-9-19(10-8-17)31(27,28)24-15(3)25/h4-10,13-14H,11-12H2,1-3H3,(H,24,25)(H2,22,23,26,30). The van der Waals surface area contributed by atoms with Crippen molar-refractivity contribution in [3.8, 4) is 5.75 Å². The van der Waals surface area contributed by atoms with E-state index in [0.29, 0.717) is 29.5 Å². The molecule has 0 bridgehead atoms. The van der Waals surface area contributed by atoms with Crippen molar-refractivity contribution in [3.05, 3.63) is 54.1 Å². The van der Waals surface area contributed by atoms with E-state index in [4.69, 9.17) is 17.0 Å². The molecule has 3 N–H and O–H groups in total. The number of nitrogens with one attached hydrogen (secondary N) is 3. The van der Waals surface area contributed by atoms with Crippen molar-refractivity contribution >= 4 is 44.9 Å². The van der Waals surface area contributed by atoms with Crippen LogP contribution in [0.1, 0.15) is 37.6 Å². The summed E-state index contributed by atoms with van der Waals surface area (Å²) >= 11 is 5.16. The number of amides is 2. The minimum Gasteiger partial charge on any atom is -0.494 e. The first-order valence-electron chi connectivity index (χ1n) is 9.55. The Morgan fingerprint density at radius 2 is 1.77 bits per heavy atom. The van der Waals surface area contributed by atoms with Crippen molar-refractivity contribution in [1.82, 2.24) is 10.0 Å². The monoisotopic (exact) mass is 463 g/mol. The highest BCUT2D eigenvalue weighted by molar-refractivity contribution is 7.90. The van der Waals surface area contributed by atoms with Crippen molar-refractivity contribution in [2.24, 2.45) is 5.92 Å². The lowest BCUT2D eigenvalue weighted by Gasteiger charge is -2.12. The number of ether oxygens (including phenoxy) is 1. The molecule has 8 nitrogen and oxygen atoms in total. The Kier molecular flexibility index (Phi) is 8.52. The second-order valence-corrected chi connectivity index (χ2v) is 9.24. The Balaban J connectivity index is 1.95. The molecule has 0 aliphatic heterocycles. The maximum Gasteiger partial charge on any atom is 0.264 e. The van der Waals surface area contributed by atoms with Crippen molar-refractivity contribution in [3.63, 3.8) is 0 Å². The number of hydrogen-bond acceptors (Lipinski definition) is 6. The molecule has 2 aromatic rings. The Labute approximate surface area is 187 Å². The minimum atomic E-state index is -3.92. The normalized spacial score (nSPS) is 11.0. The maximum absolute atomic E-state index is 12.5. The third kappa shape index (κ3) is 7.99. The van der Waals surface area contributed by atoms with Gasteiger partial charge < -0.3 is 10.1 Å². The predicted octanol–water partition coefficient (Wildman–Crippen LogP) is 3.06. The van der Waals surface area contributed by atoms with Gasteiger partial charge in [-0.1, -0.05) is 19.9 Å². The smallest absolute Gasteiger partial charge is 0.264 e. The van der Waals surface area contributed by atoms with Crippen LogP contribution in [-0.4, -0.2) is 32.0 Å². The highest BCUT2D eigenvalue weighted by Crippen LogP contribution is 2.16. The van der Waals surface area contributed by atoms with Crippen LogP contribution >= 0.6 is 12.2 Å². The molecule has 2 aromatic carbocycles. The number of carbonyl (C=O) groups excluding carboxylic acids is 2. The third-order valence-corrected chi connectivity index (χ3v) is 5.64. The molecule has 0 aliphatic carbocycles. The molecule has 10 heteroatoms. The summed E-state index contributed by atoms with van der Waals surface area (Å²) in [6.07, 6.45) is 0.912. The van der Waals surface area contributed by atoms with Crippen molar-refractivity contribution in [2.45, 2.75) is 32.1 Å². The van der Waals surface area contributed by atoms with E-state index >= 15 is 0 Å². The number of anilines is 1. The second kappa shape index (κ2) is 10.9. The second-order valence-electron chi connectivity index (χ2n) is 7.15. The molecule has 0 unspecified atom stereocenters. The van der Waals surface area contributed by atoms with E-state index in [1.807, 2.05) is 4.72 Å². The molecule has 0 saturated heterocycles. The number of benzene rings is 2. The van der Waals surface area contributed by atoms with Gasteiger partial charge >= 0.3 is 0 Å². The van der Waals surface area contributed by atoms with E-state index in [2.05, 4.69) is 24.5 Å². The van der Waals surface area contributed by atoms with Gasteiger partial charge in [-0.2, -0.15) is 0 Å². The quantitative estimate of drug-likeness (QED) is 0.516. The molecule has 0 heterocycles. The first-order valence-corrected chi connectivity index (χ1v) is 11.4. The van der Waals surface area contributed by atoms with Gasteiger partial charge in [0.25, 0.3) is 15.9 Å². The lowest BCUT2D eigenvalue weighted by atomic mass is 10.1. The highest BCUT2D eigenvalue weighted by atomic mass is 32.2. The topological polar surface area (TPSA) is 114 Å². The number of carbonyl (C=O) groups is 2. The number of hydrogen-bond donors (Lipinski definition) is 3. The van der Waals surface area contributed by atoms with Crippen LogP contribution in [0.15, 0.2) is 53.4 Å². The van der Waals surface area contributed by atoms with Gasteiger partial charge in [0, 0.05) is 18.2 Å². The molecule has 0 fully saturated rings. The molecular formula is C21H25N3O5S2. The van der Waals surface area contributed by atoms with E-state index in [0.717, 1.165) is 13.3 Å². The molecule has 0 spiro atoms. The molecule has 0 saturated carbocycles. The molecule has 0 aromatic heterocycles. The molecular weight excluding hydrogens is 438 g/mol. The number of thiocarbonyl (C=S) groups is 1. The number of sulfonamides is 1. The minimum absolute atomic E-state index is 0.0496. The van der Waals surface area contributed by atoms with Gasteiger partial charge in [0.05, 0.1) is 11.5 Å². The lowest BCUT2D eigenvalue weighted by molar-refractivity contribution is -0.117. The van der Waals surface area contributed by atoms with Gasteiger partial charge in [0.2, 0.25) is 5.91 Å². The molecule has 2 amide bonds. The first kappa shape index (κ1) is 24.3. The Morgan fingerprint density at radius 1 is 1.10 bits per heavy atom. The molecule has 0 radical (unpaired) electrons. The van der Waals surface area contributed by atoms with Crippen LogP contribution in [0.3, 0.4) is 0 Å². The van der Waals surface area contributed by atoms with Crippen LogP contribution in [0.2, 0.25) is 0 Å². The van der Waals surface area contributed by atoms with Gasteiger partial charge in [-0.3, -0.25) is 14.9 Å². The average Bonchev–Trinajstić information content (AvgIpc) is 2.67. The van der Waals surface area contributed by atoms with Crippen LogP contribution < -0.4 is 20.1 Å². The molecule has 0 aliphatic rings. The zero-order valence-electron chi connectivity index (χ0n) is 17.5. The van der Waals surface area contributed by atoms with Crippen molar-refractivity contribution in [2.75, 3.05) is 11.9 Å². The summed E-state index contributed by atoms with van der Waals surface area (Å²) in [6, 6.07) is 12.4. The lowest BCUT2D eigenvalue weighted by Crippen LogP contribution is -2.34. The molecule has 0 atom stereocenters. The largest absolute Gasteiger partial charge is 0.494 e. The van der Waals surface area contributed by atoms with E-state index in [-0.39, 0.29) is 10.0 Å². The van der Waals surface area contributed by atoms with Gasteiger partial charge in [0.15, 0.2) is 5.11 Å². The summed E-state index contributed by atoms with van der Waals surface area (Å²) in [5.74, 6) is 0.0368. The van der Waals surface area contributed by atoms with E-state index in [9.17, 15) is 18.0 Å². The fraction of sp³-hybridized carbons (Fsp3) is 0.286. The summed E-state index contributed by atoms with van der Waals surface area (Å²) in [4.78, 5) is 23.4. The van der Waals surface area contributed by atoms with Crippen molar-refractivity contribution < 1.29 is 22.7 Å². The SMILES string of the molecule is CC(=O)NS(=O)(=O)c1ccc(NC(=S)NC(=O)c2cccc(OCCC(C)C)c2)cc1. The summed E-state index contributed by atoms with van der Waals surface area (Å²) < 4.78 is 31.5. The van der Waals surface area contributed by atoms with E-state index < -0.39 is 21.8 Å². The summed E-state index contributed by atoms with van der Waals surface area (Å²) in [5.41, 5.74) is 0.862. The van der Waals surface area contributed by atoms with Gasteiger partial charge in [-0.15, -0.1) is 0 Å². The molecule has 31 heavy (non-hydrogen) atoms. The zero-order valence-corrected chi connectivity index (χ0v) is 19.1. The highest BCUT2D eigenvalue weighted by Gasteiger charge is 2.15. The first-order chi connectivity index (χ1) is 14.6. The van der Waals surface area contributed by atoms with Crippen LogP contribution in [0.25, 0.3) is 0 Å². The molecule has 2 rings (SSSR count). The van der Waals surface area contributed by atoms with E-state index in [1.54, 1.807) is 24.3 Å². The fourth-order valence-corrected chi connectivity index (χ4v) is 3.64. The summed E-state index contributed by atoms with van der Waals surface area (Å²) in [5, 5.41) is 5.43. The van der Waals surface area contributed by atoms with Gasteiger partial charge in [-0.05, 0) is 67.0 Å². The van der Waals surface area contributed by atoms with Crippen LogP contribution in [0, 0.1) is 5.92 Å². The van der Waals surface area contributed by atoms with E-state index in [1.165, 1.54) is 24.3 Å². The number of rotatable bonds is 8. The zero-order chi connectivity index (χ0) is 23.0. The van der Waals surface area contributed by atoms with Gasteiger partial charge in [0.1, 0.15) is 5.75 Å². The Bertz CT molecular complexity index is 1050. The fourth-order valence-electron chi connectivity index (χ4n) is 2.44. The predicted molar refractivity (Wildman–Crippen MR) is 123 cm³/mol. The van der Waals surface area contributed by atoms with Crippen LogP contribution in [-0.2, 0) is 14.8 Å². The summed E-state index contributed by atoms with van der Waals surface area (Å²) in [7, 11) is -3.92.